The van der Waals surface area contributed by atoms with Crippen LogP contribution in [-0.4, -0.2) is 16.7 Å². The molecule has 1 heterocycles. The molecule has 1 N–H and O–H groups in total. The van der Waals surface area contributed by atoms with Gasteiger partial charge in [-0.3, -0.25) is 0 Å². The maximum Gasteiger partial charge on any atom is 0.343 e. The summed E-state index contributed by atoms with van der Waals surface area (Å²) >= 11 is 0. The first kappa shape index (κ1) is 18.1. The number of rotatable bonds is 6. The van der Waals surface area contributed by atoms with E-state index in [-0.39, 0.29) is 10.8 Å². The number of halogens is 2. The minimum atomic E-state index is -3.27. The quantitative estimate of drug-likeness (QED) is 0.693. The second kappa shape index (κ2) is 6.43. The Kier molecular flexibility index (Phi) is 4.32. The number of aromatic nitrogens is 2. The van der Waals surface area contributed by atoms with Crippen molar-refractivity contribution in [3.05, 3.63) is 54.2 Å². The highest BCUT2D eigenvalue weighted by atomic mass is 19.3. The first-order valence-electron chi connectivity index (χ1n) is 9.53. The Morgan fingerprint density at radius 1 is 1.22 bits per heavy atom. The molecule has 3 aliphatic rings. The van der Waals surface area contributed by atoms with Crippen LogP contribution in [0.25, 0.3) is 0 Å². The zero-order chi connectivity index (χ0) is 19.1. The summed E-state index contributed by atoms with van der Waals surface area (Å²) in [5.41, 5.74) is 2.45. The van der Waals surface area contributed by atoms with Crippen molar-refractivity contribution >= 4 is 5.69 Å². The van der Waals surface area contributed by atoms with Crippen LogP contribution in [0, 0.1) is 12.3 Å². The molecule has 6 heteroatoms. The molecule has 144 valence electrons. The van der Waals surface area contributed by atoms with Crippen molar-refractivity contribution in [1.29, 1.82) is 0 Å². The van der Waals surface area contributed by atoms with Crippen LogP contribution in [0.15, 0.2) is 41.4 Å². The fraction of sp³-hybridized carbons (Fsp3) is 0.524. The van der Waals surface area contributed by atoms with Crippen LogP contribution in [0.4, 0.5) is 14.5 Å². The zero-order valence-electron chi connectivity index (χ0n) is 15.6. The number of nitrogens with zero attached hydrogens (tertiary/aromatic N) is 2. The molecular formula is C21H25F2N3O. The van der Waals surface area contributed by atoms with Crippen molar-refractivity contribution in [3.8, 4) is 0 Å². The molecule has 0 amide bonds. The average Bonchev–Trinajstić information content (AvgIpc) is 3.20. The van der Waals surface area contributed by atoms with Gasteiger partial charge >= 0.3 is 11.8 Å². The molecule has 0 atom stereocenters. The first-order chi connectivity index (χ1) is 12.9. The van der Waals surface area contributed by atoms with Crippen molar-refractivity contribution < 1.29 is 13.3 Å². The molecule has 3 aliphatic carbocycles. The summed E-state index contributed by atoms with van der Waals surface area (Å²) in [5, 5.41) is 7.51. The maximum absolute atomic E-state index is 13.7. The van der Waals surface area contributed by atoms with E-state index in [0.29, 0.717) is 11.9 Å². The van der Waals surface area contributed by atoms with Gasteiger partial charge in [-0.05, 0) is 74.6 Å². The monoisotopic (exact) mass is 373 g/mol. The van der Waals surface area contributed by atoms with E-state index in [1.165, 1.54) is 5.56 Å². The van der Waals surface area contributed by atoms with E-state index in [9.17, 15) is 8.78 Å². The summed E-state index contributed by atoms with van der Waals surface area (Å²) < 4.78 is 32.3. The predicted octanol–water partition coefficient (Wildman–Crippen LogP) is 5.36. The van der Waals surface area contributed by atoms with Gasteiger partial charge in [0.1, 0.15) is 0 Å². The highest BCUT2D eigenvalue weighted by Gasteiger charge is 2.52. The molecule has 0 spiro atoms. The Balaban J connectivity index is 1.44. The molecule has 27 heavy (non-hydrogen) atoms. The molecule has 0 unspecified atom stereocenters. The highest BCUT2D eigenvalue weighted by molar-refractivity contribution is 5.45. The van der Waals surface area contributed by atoms with Crippen molar-refractivity contribution in [2.75, 3.05) is 11.9 Å². The van der Waals surface area contributed by atoms with E-state index in [1.54, 1.807) is 0 Å². The smallest absolute Gasteiger partial charge is 0.343 e. The van der Waals surface area contributed by atoms with Crippen LogP contribution < -0.4 is 5.32 Å². The Hall–Kier alpha value is -2.24. The van der Waals surface area contributed by atoms with Gasteiger partial charge in [0.25, 0.3) is 0 Å². The number of aryl methyl sites for hydroxylation is 1. The Bertz CT molecular complexity index is 821. The molecule has 2 aromatic rings. The van der Waals surface area contributed by atoms with Gasteiger partial charge < -0.3 is 9.84 Å². The number of hydrogen-bond acceptors (Lipinski definition) is 4. The number of allylic oxidation sites excluding steroid dienone is 1. The molecule has 5 rings (SSSR count). The minimum Gasteiger partial charge on any atom is -0.384 e. The Labute approximate surface area is 158 Å². The van der Waals surface area contributed by atoms with Gasteiger partial charge in [-0.2, -0.15) is 13.8 Å². The first-order valence-corrected chi connectivity index (χ1v) is 9.53. The average molecular weight is 373 g/mol. The van der Waals surface area contributed by atoms with Crippen molar-refractivity contribution in [2.24, 2.45) is 5.41 Å². The van der Waals surface area contributed by atoms with E-state index in [0.717, 1.165) is 50.8 Å². The summed E-state index contributed by atoms with van der Waals surface area (Å²) in [7, 11) is 0. The molecule has 4 nitrogen and oxygen atoms in total. The molecule has 3 saturated carbocycles. The molecule has 2 bridgehead atoms. The lowest BCUT2D eigenvalue weighted by Gasteiger charge is -2.52. The number of benzene rings is 1. The number of anilines is 1. The Morgan fingerprint density at radius 3 is 2.56 bits per heavy atom. The normalized spacial score (nSPS) is 27.5. The topological polar surface area (TPSA) is 51.0 Å². The van der Waals surface area contributed by atoms with E-state index in [4.69, 9.17) is 4.52 Å². The third-order valence-corrected chi connectivity index (χ3v) is 6.53. The van der Waals surface area contributed by atoms with Crippen molar-refractivity contribution in [3.63, 3.8) is 0 Å². The molecule has 0 aliphatic heterocycles. The predicted molar refractivity (Wildman–Crippen MR) is 99.9 cm³/mol. The third-order valence-electron chi connectivity index (χ3n) is 6.53. The molecule has 0 saturated heterocycles. The van der Waals surface area contributed by atoms with Crippen LogP contribution >= 0.6 is 0 Å². The summed E-state index contributed by atoms with van der Waals surface area (Å²) in [5.74, 6) is -3.48. The van der Waals surface area contributed by atoms with Gasteiger partial charge in [0, 0.05) is 17.6 Å². The van der Waals surface area contributed by atoms with Gasteiger partial charge in [-0.25, -0.2) is 0 Å². The maximum atomic E-state index is 13.7. The molecule has 3 fully saturated rings. The lowest BCUT2D eigenvalue weighted by Crippen LogP contribution is -2.47. The number of nitrogens with one attached hydrogen (secondary N) is 1. The van der Waals surface area contributed by atoms with Gasteiger partial charge in [-0.15, -0.1) is 0 Å². The van der Waals surface area contributed by atoms with Crippen molar-refractivity contribution in [1.82, 2.24) is 10.1 Å². The fourth-order valence-corrected chi connectivity index (χ4v) is 4.57. The van der Waals surface area contributed by atoms with Gasteiger partial charge in [0.2, 0.25) is 0 Å². The van der Waals surface area contributed by atoms with Crippen molar-refractivity contribution in [2.45, 2.75) is 56.8 Å². The fourth-order valence-electron chi connectivity index (χ4n) is 4.57. The largest absolute Gasteiger partial charge is 0.384 e. The second-order valence-electron chi connectivity index (χ2n) is 8.25. The second-order valence-corrected chi connectivity index (χ2v) is 8.25. The van der Waals surface area contributed by atoms with Gasteiger partial charge in [-0.1, -0.05) is 23.9 Å². The Morgan fingerprint density at radius 2 is 1.93 bits per heavy atom. The van der Waals surface area contributed by atoms with Crippen LogP contribution in [0.5, 0.6) is 0 Å². The lowest BCUT2D eigenvalue weighted by atomic mass is 9.53. The van der Waals surface area contributed by atoms with Gasteiger partial charge in [0.15, 0.2) is 5.82 Å². The third kappa shape index (κ3) is 3.26. The van der Waals surface area contributed by atoms with Crippen LogP contribution in [-0.2, 0) is 11.3 Å². The number of alkyl halides is 2. The summed E-state index contributed by atoms with van der Waals surface area (Å²) in [6.07, 6.45) is 6.45. The number of fused-ring (bicyclic) bond motifs is 3. The molecule has 0 radical (unpaired) electrons. The van der Waals surface area contributed by atoms with E-state index < -0.39 is 11.8 Å². The standard InChI is InChI=1S/C21H25F2N3O/c1-3-21(22,23)18-25-17(26-27-18)20-10-7-19(8-11-20,9-12-20)14-24-16-6-4-5-15(2)13-16/h3-6,13,24H,1,7-12,14H2,2H3. The summed E-state index contributed by atoms with van der Waals surface area (Å²) in [6, 6.07) is 8.41. The summed E-state index contributed by atoms with van der Waals surface area (Å²) in [6.45, 7) is 6.19. The lowest BCUT2D eigenvalue weighted by molar-refractivity contribution is 0.0163. The number of hydrogen-bond donors (Lipinski definition) is 1. The molecule has 1 aromatic heterocycles. The summed E-state index contributed by atoms with van der Waals surface area (Å²) in [4.78, 5) is 4.06. The SMILES string of the molecule is C=CC(F)(F)c1nc(C23CCC(CNc4cccc(C)c4)(CC2)CC3)no1. The van der Waals surface area contributed by atoms with Crippen LogP contribution in [0.2, 0.25) is 0 Å². The van der Waals surface area contributed by atoms with E-state index in [2.05, 4.69) is 53.2 Å². The molecular weight excluding hydrogens is 348 g/mol. The van der Waals surface area contributed by atoms with E-state index in [1.807, 2.05) is 0 Å². The minimum absolute atomic E-state index is 0.218. The highest BCUT2D eigenvalue weighted by Crippen LogP contribution is 2.57. The van der Waals surface area contributed by atoms with Crippen LogP contribution in [0.3, 0.4) is 0 Å². The van der Waals surface area contributed by atoms with Gasteiger partial charge in [0.05, 0.1) is 0 Å². The van der Waals surface area contributed by atoms with E-state index >= 15 is 0 Å². The van der Waals surface area contributed by atoms with Crippen LogP contribution in [0.1, 0.15) is 55.8 Å². The zero-order valence-corrected chi connectivity index (χ0v) is 15.6. The molecule has 1 aromatic carbocycles.